The van der Waals surface area contributed by atoms with Crippen molar-refractivity contribution in [3.8, 4) is 0 Å². The van der Waals surface area contributed by atoms with Gasteiger partial charge in [0.1, 0.15) is 5.82 Å². The van der Waals surface area contributed by atoms with Crippen molar-refractivity contribution in [3.05, 3.63) is 17.8 Å². The summed E-state index contributed by atoms with van der Waals surface area (Å²) in [6, 6.07) is 2.11. The molecule has 1 aromatic heterocycles. The van der Waals surface area contributed by atoms with E-state index < -0.39 is 5.60 Å². The number of fused-ring (bicyclic) bond motifs is 1. The fourth-order valence-corrected chi connectivity index (χ4v) is 3.77. The highest BCUT2D eigenvalue weighted by Crippen LogP contribution is 2.32. The number of carbonyl (C=O) groups excluding carboxylic acids is 1. The van der Waals surface area contributed by atoms with Crippen LogP contribution in [0.4, 0.5) is 5.82 Å². The number of carbonyl (C=O) groups is 1. The standard InChI is InChI=1S/C19H28BN3O2/c1-11(2)16-20-15-9-12(10-21-17(15)23-16)18(24)22-14-7-5-13(6-8-14)19(3,4)25/h9-11,13-14,20,25H,5-8H2,1-4H3,(H,22,24). The highest BCUT2D eigenvalue weighted by Gasteiger charge is 2.32. The molecule has 2 N–H and O–H groups in total. The molecule has 0 spiro atoms. The van der Waals surface area contributed by atoms with Crippen LogP contribution in [0.3, 0.4) is 0 Å². The molecule has 25 heavy (non-hydrogen) atoms. The summed E-state index contributed by atoms with van der Waals surface area (Å²) in [6.07, 6.45) is 5.35. The first-order chi connectivity index (χ1) is 11.7. The van der Waals surface area contributed by atoms with Gasteiger partial charge in [0.25, 0.3) is 5.91 Å². The molecule has 1 aliphatic heterocycles. The van der Waals surface area contributed by atoms with E-state index >= 15 is 0 Å². The van der Waals surface area contributed by atoms with E-state index in [2.05, 4.69) is 29.1 Å². The number of hydrogen-bond donors (Lipinski definition) is 2. The summed E-state index contributed by atoms with van der Waals surface area (Å²) in [5, 5.41) is 13.3. The first-order valence-electron chi connectivity index (χ1n) is 9.33. The number of nitrogens with zero attached hydrogens (tertiary/aromatic N) is 2. The highest BCUT2D eigenvalue weighted by atomic mass is 16.3. The summed E-state index contributed by atoms with van der Waals surface area (Å²) < 4.78 is 0. The Balaban J connectivity index is 1.59. The number of hydrogen-bond acceptors (Lipinski definition) is 4. The maximum absolute atomic E-state index is 12.6. The minimum absolute atomic E-state index is 0.0556. The Morgan fingerprint density at radius 1 is 1.32 bits per heavy atom. The largest absolute Gasteiger partial charge is 0.390 e. The molecule has 0 radical (unpaired) electrons. The van der Waals surface area contributed by atoms with Crippen LogP contribution < -0.4 is 10.8 Å². The van der Waals surface area contributed by atoms with Crippen molar-refractivity contribution in [1.82, 2.24) is 10.3 Å². The molecule has 0 atom stereocenters. The Kier molecular flexibility index (Phi) is 5.00. The van der Waals surface area contributed by atoms with Crippen LogP contribution in [0.1, 0.15) is 63.7 Å². The SMILES string of the molecule is CC(C)C1=Nc2ncc(C(=O)NC3CCC(C(C)(C)O)CC3)cc2B1. The van der Waals surface area contributed by atoms with Crippen LogP contribution in [-0.2, 0) is 0 Å². The smallest absolute Gasteiger partial charge is 0.253 e. The second-order valence-corrected chi connectivity index (χ2v) is 8.32. The molecule has 1 aliphatic carbocycles. The normalized spacial score (nSPS) is 23.0. The molecule has 0 unspecified atom stereocenters. The maximum Gasteiger partial charge on any atom is 0.253 e. The Morgan fingerprint density at radius 3 is 2.60 bits per heavy atom. The van der Waals surface area contributed by atoms with Gasteiger partial charge in [-0.15, -0.1) is 0 Å². The van der Waals surface area contributed by atoms with E-state index in [9.17, 15) is 9.90 Å². The molecule has 6 heteroatoms. The zero-order valence-corrected chi connectivity index (χ0v) is 15.7. The average Bonchev–Trinajstić information content (AvgIpc) is 2.98. The molecule has 0 saturated heterocycles. The summed E-state index contributed by atoms with van der Waals surface area (Å²) in [5.74, 6) is 1.41. The molecule has 5 nitrogen and oxygen atoms in total. The summed E-state index contributed by atoms with van der Waals surface area (Å²) >= 11 is 0. The van der Waals surface area contributed by atoms with Gasteiger partial charge >= 0.3 is 0 Å². The van der Waals surface area contributed by atoms with Crippen LogP contribution >= 0.6 is 0 Å². The van der Waals surface area contributed by atoms with Crippen LogP contribution in [0.25, 0.3) is 0 Å². The molecule has 1 aromatic rings. The van der Waals surface area contributed by atoms with E-state index in [4.69, 9.17) is 0 Å². The number of aliphatic imine (C=N–C) groups is 1. The number of aliphatic hydroxyl groups is 1. The fourth-order valence-electron chi connectivity index (χ4n) is 3.77. The Labute approximate surface area is 150 Å². The fraction of sp³-hybridized carbons (Fsp3) is 0.632. The van der Waals surface area contributed by atoms with Crippen molar-refractivity contribution in [2.45, 2.75) is 65.0 Å². The van der Waals surface area contributed by atoms with Crippen LogP contribution in [0.5, 0.6) is 0 Å². The van der Waals surface area contributed by atoms with Crippen molar-refractivity contribution in [3.63, 3.8) is 0 Å². The van der Waals surface area contributed by atoms with Crippen molar-refractivity contribution >= 4 is 30.1 Å². The van der Waals surface area contributed by atoms with Gasteiger partial charge < -0.3 is 10.4 Å². The number of nitrogens with one attached hydrogen (secondary N) is 1. The quantitative estimate of drug-likeness (QED) is 0.822. The van der Waals surface area contributed by atoms with Gasteiger partial charge in [-0.05, 0) is 68.5 Å². The Morgan fingerprint density at radius 2 is 2.00 bits per heavy atom. The number of aromatic nitrogens is 1. The van der Waals surface area contributed by atoms with Gasteiger partial charge in [0.2, 0.25) is 7.28 Å². The zero-order chi connectivity index (χ0) is 18.2. The minimum Gasteiger partial charge on any atom is -0.390 e. The lowest BCUT2D eigenvalue weighted by Gasteiger charge is -2.36. The second kappa shape index (κ2) is 6.91. The molecule has 1 fully saturated rings. The van der Waals surface area contributed by atoms with Crippen LogP contribution in [0.15, 0.2) is 17.3 Å². The summed E-state index contributed by atoms with van der Waals surface area (Å²) in [5.41, 5.74) is 2.16. The van der Waals surface area contributed by atoms with Gasteiger partial charge in [-0.3, -0.25) is 4.79 Å². The van der Waals surface area contributed by atoms with Gasteiger partial charge in [-0.2, -0.15) is 0 Å². The molecule has 134 valence electrons. The lowest BCUT2D eigenvalue weighted by molar-refractivity contribution is -0.00257. The summed E-state index contributed by atoms with van der Waals surface area (Å²) in [4.78, 5) is 21.5. The molecule has 3 rings (SSSR count). The van der Waals surface area contributed by atoms with E-state index in [1.807, 2.05) is 19.9 Å². The molecule has 1 amide bonds. The van der Waals surface area contributed by atoms with Gasteiger partial charge in [0.05, 0.1) is 11.2 Å². The van der Waals surface area contributed by atoms with E-state index in [1.54, 1.807) is 6.20 Å². The molecular formula is C19H28BN3O2. The van der Waals surface area contributed by atoms with Crippen LogP contribution in [-0.4, -0.2) is 40.5 Å². The predicted octanol–water partition coefficient (Wildman–Crippen LogP) is 1.90. The first-order valence-corrected chi connectivity index (χ1v) is 9.33. The van der Waals surface area contributed by atoms with Gasteiger partial charge in [-0.25, -0.2) is 9.98 Å². The number of rotatable bonds is 4. The van der Waals surface area contributed by atoms with Crippen LogP contribution in [0, 0.1) is 11.8 Å². The molecule has 0 aromatic carbocycles. The lowest BCUT2D eigenvalue weighted by Crippen LogP contribution is -2.42. The van der Waals surface area contributed by atoms with Crippen molar-refractivity contribution in [2.75, 3.05) is 0 Å². The van der Waals surface area contributed by atoms with E-state index in [1.165, 1.54) is 0 Å². The molecule has 2 heterocycles. The Bertz CT molecular complexity index is 686. The van der Waals surface area contributed by atoms with Crippen molar-refractivity contribution in [2.24, 2.45) is 16.8 Å². The monoisotopic (exact) mass is 341 g/mol. The highest BCUT2D eigenvalue weighted by molar-refractivity contribution is 6.88. The van der Waals surface area contributed by atoms with E-state index in [-0.39, 0.29) is 11.9 Å². The predicted molar refractivity (Wildman–Crippen MR) is 102 cm³/mol. The number of amides is 1. The molecule has 1 saturated carbocycles. The van der Waals surface area contributed by atoms with E-state index in [0.29, 0.717) is 17.4 Å². The van der Waals surface area contributed by atoms with Crippen molar-refractivity contribution in [1.29, 1.82) is 0 Å². The van der Waals surface area contributed by atoms with Gasteiger partial charge in [0, 0.05) is 12.2 Å². The molecular weight excluding hydrogens is 313 g/mol. The maximum atomic E-state index is 12.6. The summed E-state index contributed by atoms with van der Waals surface area (Å²) in [7, 11) is 0.789. The zero-order valence-electron chi connectivity index (χ0n) is 15.7. The third-order valence-corrected chi connectivity index (χ3v) is 5.55. The Hall–Kier alpha value is -1.69. The summed E-state index contributed by atoms with van der Waals surface area (Å²) in [6.45, 7) is 8.01. The third kappa shape index (κ3) is 4.11. The number of pyridine rings is 1. The second-order valence-electron chi connectivity index (χ2n) is 8.32. The third-order valence-electron chi connectivity index (χ3n) is 5.55. The topological polar surface area (TPSA) is 74.6 Å². The van der Waals surface area contributed by atoms with Crippen LogP contribution in [0.2, 0.25) is 0 Å². The minimum atomic E-state index is -0.632. The molecule has 2 aliphatic rings. The first kappa shape index (κ1) is 18.1. The van der Waals surface area contributed by atoms with Gasteiger partial charge in [-0.1, -0.05) is 13.8 Å². The van der Waals surface area contributed by atoms with Crippen molar-refractivity contribution < 1.29 is 9.90 Å². The molecule has 0 bridgehead atoms. The average molecular weight is 341 g/mol. The van der Waals surface area contributed by atoms with Gasteiger partial charge in [0.15, 0.2) is 0 Å². The van der Waals surface area contributed by atoms with E-state index in [0.717, 1.165) is 49.9 Å². The lowest BCUT2D eigenvalue weighted by atomic mass is 9.64.